The van der Waals surface area contributed by atoms with Gasteiger partial charge in [0.15, 0.2) is 5.75 Å². The second-order valence-electron chi connectivity index (χ2n) is 7.92. The van der Waals surface area contributed by atoms with Gasteiger partial charge in [0.1, 0.15) is 12.2 Å². The first kappa shape index (κ1) is 34.0. The van der Waals surface area contributed by atoms with Gasteiger partial charge in [-0.15, -0.1) is 0 Å². The van der Waals surface area contributed by atoms with Gasteiger partial charge in [0, 0.05) is 13.7 Å². The molecule has 1 heterocycles. The lowest BCUT2D eigenvalue weighted by Crippen LogP contribution is -2.31. The molecule has 0 bridgehead atoms. The Kier molecular flexibility index (Phi) is 20.8. The van der Waals surface area contributed by atoms with Crippen molar-refractivity contribution in [3.63, 3.8) is 0 Å². The molecular formula is C25H46Cl2N2O4. The van der Waals surface area contributed by atoms with E-state index in [9.17, 15) is 4.79 Å². The standard InChI is InChI=1S/C16H23Cl2NO2.C5H11NO2.2C2H6/c1-20-9-10-21-16-14(17)11-13(12-15(16)18)5-8-19-6-3-2-4-7-19;1-5(2,3)8-4(6)7;2*1-2/h11-12H,2-10H2,1H3;1-3H3,(H2,6,7);2*1-2H3. The molecule has 0 saturated carbocycles. The van der Waals surface area contributed by atoms with Crippen LogP contribution in [0.1, 0.15) is 73.3 Å². The normalized spacial score (nSPS) is 13.3. The molecule has 1 fully saturated rings. The molecule has 1 amide bonds. The quantitative estimate of drug-likeness (QED) is 0.402. The number of ether oxygens (including phenoxy) is 3. The summed E-state index contributed by atoms with van der Waals surface area (Å²) in [5, 5.41) is 1.15. The summed E-state index contributed by atoms with van der Waals surface area (Å²) in [6.45, 7) is 17.7. The summed E-state index contributed by atoms with van der Waals surface area (Å²) in [5.74, 6) is 0.553. The van der Waals surface area contributed by atoms with E-state index in [1.165, 1.54) is 32.4 Å². The van der Waals surface area contributed by atoms with E-state index < -0.39 is 11.7 Å². The number of nitrogens with two attached hydrogens (primary N) is 1. The maximum absolute atomic E-state index is 10.0. The molecule has 0 radical (unpaired) electrons. The number of nitrogens with zero attached hydrogens (tertiary/aromatic N) is 1. The Labute approximate surface area is 212 Å². The van der Waals surface area contributed by atoms with Crippen LogP contribution >= 0.6 is 23.2 Å². The summed E-state index contributed by atoms with van der Waals surface area (Å²) in [4.78, 5) is 12.5. The van der Waals surface area contributed by atoms with E-state index in [1.807, 2.05) is 39.8 Å². The molecule has 0 aliphatic carbocycles. The third-order valence-electron chi connectivity index (χ3n) is 4.16. The molecule has 0 aromatic heterocycles. The highest BCUT2D eigenvalue weighted by Gasteiger charge is 2.13. The first-order valence-electron chi connectivity index (χ1n) is 11.9. The van der Waals surface area contributed by atoms with Crippen LogP contribution in [0, 0.1) is 0 Å². The van der Waals surface area contributed by atoms with Crippen molar-refractivity contribution < 1.29 is 19.0 Å². The molecule has 0 spiro atoms. The van der Waals surface area contributed by atoms with Gasteiger partial charge in [-0.1, -0.05) is 57.3 Å². The van der Waals surface area contributed by atoms with Crippen LogP contribution in [-0.4, -0.2) is 56.6 Å². The molecule has 6 nitrogen and oxygen atoms in total. The Bertz CT molecular complexity index is 608. The van der Waals surface area contributed by atoms with Gasteiger partial charge in [-0.05, 0) is 70.8 Å². The van der Waals surface area contributed by atoms with Crippen LogP contribution in [0.15, 0.2) is 12.1 Å². The van der Waals surface area contributed by atoms with Crippen LogP contribution in [0.2, 0.25) is 10.0 Å². The number of primary amides is 1. The molecule has 194 valence electrons. The van der Waals surface area contributed by atoms with E-state index in [2.05, 4.69) is 9.64 Å². The Balaban J connectivity index is 0. The number of hydrogen-bond acceptors (Lipinski definition) is 5. The SMILES string of the molecule is CC.CC.CC(C)(C)OC(N)=O.COCCOc1c(Cl)cc(CCN2CCCCC2)cc1Cl. The average Bonchev–Trinajstić information content (AvgIpc) is 2.76. The Morgan fingerprint density at radius 3 is 1.91 bits per heavy atom. The van der Waals surface area contributed by atoms with Gasteiger partial charge in [0.05, 0.1) is 16.7 Å². The third-order valence-corrected chi connectivity index (χ3v) is 4.73. The van der Waals surface area contributed by atoms with Gasteiger partial charge in [-0.3, -0.25) is 0 Å². The van der Waals surface area contributed by atoms with Crippen LogP contribution in [0.4, 0.5) is 4.79 Å². The van der Waals surface area contributed by atoms with Crippen molar-refractivity contribution in [3.8, 4) is 5.75 Å². The summed E-state index contributed by atoms with van der Waals surface area (Å²) in [6.07, 6.45) is 4.23. The minimum absolute atomic E-state index is 0.447. The Morgan fingerprint density at radius 2 is 1.52 bits per heavy atom. The number of amides is 1. The number of benzene rings is 1. The van der Waals surface area contributed by atoms with Crippen molar-refractivity contribution in [1.29, 1.82) is 0 Å². The molecular weight excluding hydrogens is 463 g/mol. The number of carbonyl (C=O) groups excluding carboxylic acids is 1. The first-order valence-corrected chi connectivity index (χ1v) is 12.7. The number of carbonyl (C=O) groups is 1. The highest BCUT2D eigenvalue weighted by molar-refractivity contribution is 6.37. The van der Waals surface area contributed by atoms with Crippen LogP contribution in [0.5, 0.6) is 5.75 Å². The zero-order valence-electron chi connectivity index (χ0n) is 21.9. The number of likely N-dealkylation sites (tertiary alicyclic amines) is 1. The van der Waals surface area contributed by atoms with Crippen molar-refractivity contribution in [2.45, 2.75) is 79.8 Å². The molecule has 1 aliphatic rings. The van der Waals surface area contributed by atoms with E-state index >= 15 is 0 Å². The van der Waals surface area contributed by atoms with E-state index in [4.69, 9.17) is 38.4 Å². The highest BCUT2D eigenvalue weighted by atomic mass is 35.5. The van der Waals surface area contributed by atoms with E-state index in [-0.39, 0.29) is 0 Å². The van der Waals surface area contributed by atoms with Gasteiger partial charge >= 0.3 is 6.09 Å². The Hall–Kier alpha value is -1.21. The van der Waals surface area contributed by atoms with E-state index in [0.29, 0.717) is 29.0 Å². The summed E-state index contributed by atoms with van der Waals surface area (Å²) in [6, 6.07) is 3.92. The van der Waals surface area contributed by atoms with Crippen molar-refractivity contribution in [2.75, 3.05) is 40.0 Å². The van der Waals surface area contributed by atoms with Crippen LogP contribution in [0.3, 0.4) is 0 Å². The summed E-state index contributed by atoms with van der Waals surface area (Å²) < 4.78 is 15.1. The highest BCUT2D eigenvalue weighted by Crippen LogP contribution is 2.34. The molecule has 8 heteroatoms. The zero-order valence-corrected chi connectivity index (χ0v) is 23.4. The van der Waals surface area contributed by atoms with Gasteiger partial charge in [0.2, 0.25) is 0 Å². The number of hydrogen-bond donors (Lipinski definition) is 1. The smallest absolute Gasteiger partial charge is 0.405 e. The number of piperidine rings is 1. The van der Waals surface area contributed by atoms with Gasteiger partial charge in [-0.25, -0.2) is 4.79 Å². The summed E-state index contributed by atoms with van der Waals surface area (Å²) in [5.41, 5.74) is 5.43. The lowest BCUT2D eigenvalue weighted by molar-refractivity contribution is 0.0600. The second-order valence-corrected chi connectivity index (χ2v) is 8.73. The van der Waals surface area contributed by atoms with E-state index in [0.717, 1.165) is 18.5 Å². The largest absolute Gasteiger partial charge is 0.488 e. The molecule has 1 aromatic rings. The minimum atomic E-state index is -0.725. The summed E-state index contributed by atoms with van der Waals surface area (Å²) >= 11 is 12.5. The Morgan fingerprint density at radius 1 is 1.00 bits per heavy atom. The predicted molar refractivity (Wildman–Crippen MR) is 141 cm³/mol. The fraction of sp³-hybridized carbons (Fsp3) is 0.720. The number of rotatable bonds is 7. The number of halogens is 2. The fourth-order valence-corrected chi connectivity index (χ4v) is 3.54. The summed E-state index contributed by atoms with van der Waals surface area (Å²) in [7, 11) is 1.64. The van der Waals surface area contributed by atoms with E-state index in [1.54, 1.807) is 27.9 Å². The molecule has 2 rings (SSSR count). The lowest BCUT2D eigenvalue weighted by atomic mass is 10.1. The monoisotopic (exact) mass is 508 g/mol. The van der Waals surface area contributed by atoms with Gasteiger partial charge < -0.3 is 24.8 Å². The number of methoxy groups -OCH3 is 1. The van der Waals surface area contributed by atoms with Crippen LogP contribution < -0.4 is 10.5 Å². The maximum Gasteiger partial charge on any atom is 0.405 e. The third kappa shape index (κ3) is 17.9. The molecule has 2 N–H and O–H groups in total. The van der Waals surface area contributed by atoms with Gasteiger partial charge in [0.25, 0.3) is 0 Å². The van der Waals surface area contributed by atoms with Crippen LogP contribution in [-0.2, 0) is 15.9 Å². The fourth-order valence-electron chi connectivity index (χ4n) is 2.89. The van der Waals surface area contributed by atoms with Crippen LogP contribution in [0.25, 0.3) is 0 Å². The molecule has 0 unspecified atom stereocenters. The minimum Gasteiger partial charge on any atom is -0.488 e. The topological polar surface area (TPSA) is 74.0 Å². The molecule has 1 aliphatic heterocycles. The molecule has 1 aromatic carbocycles. The molecule has 0 atom stereocenters. The maximum atomic E-state index is 10.0. The van der Waals surface area contributed by atoms with Crippen molar-refractivity contribution in [2.24, 2.45) is 5.73 Å². The average molecular weight is 510 g/mol. The van der Waals surface area contributed by atoms with Crippen molar-refractivity contribution in [1.82, 2.24) is 4.90 Å². The van der Waals surface area contributed by atoms with Gasteiger partial charge in [-0.2, -0.15) is 0 Å². The second kappa shape index (κ2) is 20.2. The molecule has 1 saturated heterocycles. The van der Waals surface area contributed by atoms with Crippen molar-refractivity contribution >= 4 is 29.3 Å². The molecule has 33 heavy (non-hydrogen) atoms. The predicted octanol–water partition coefficient (Wildman–Crippen LogP) is 6.98. The lowest BCUT2D eigenvalue weighted by Gasteiger charge is -2.26. The zero-order chi connectivity index (χ0) is 25.9. The first-order chi connectivity index (χ1) is 15.6. The van der Waals surface area contributed by atoms with Crippen molar-refractivity contribution in [3.05, 3.63) is 27.7 Å².